The van der Waals surface area contributed by atoms with E-state index >= 15 is 0 Å². The van der Waals surface area contributed by atoms with Crippen molar-refractivity contribution in [1.29, 1.82) is 0 Å². The SMILES string of the molecule is CC/C=C\C/C=C\C/C=C\C/C=C\C/C=C\C/C=C\CCCCCCCCCCCCCCCCC(=O)OC(COC(=O)CCCCCCCCCC)COC(OCC[N+](C)(C)C)C(=O)O. The molecule has 9 heteroatoms. The van der Waals surface area contributed by atoms with Crippen molar-refractivity contribution >= 4 is 17.9 Å². The second-order valence-corrected chi connectivity index (χ2v) is 18.8. The summed E-state index contributed by atoms with van der Waals surface area (Å²) in [4.78, 5) is 37.1. The van der Waals surface area contributed by atoms with E-state index in [4.69, 9.17) is 18.9 Å². The Bertz CT molecular complexity index is 1310. The van der Waals surface area contributed by atoms with Gasteiger partial charge in [-0.2, -0.15) is 0 Å². The number of hydrogen-bond acceptors (Lipinski definition) is 7. The Labute approximate surface area is 405 Å². The van der Waals surface area contributed by atoms with E-state index in [2.05, 4.69) is 86.8 Å². The standard InChI is InChI=1S/C57H99NO8/c1-6-8-10-12-14-16-17-18-19-20-21-22-23-24-25-26-27-28-29-30-31-32-33-34-35-36-37-38-39-40-42-44-46-48-55(60)66-53(52-65-57(56(61)62)63-50-49-58(3,4)5)51-64-54(59)47-45-43-41-15-13-11-9-7-2/h8,10,14,16,18-19,21-22,24-25,27-28,53,57H,6-7,9,11-13,15,17,20,23,26,29-52H2,1-5H3/p+1/b10-8-,16-14-,19-18-,22-21-,25-24-,28-27-. The molecular formula is C57H100NO8+. The number of likely N-dealkylation sites (N-methyl/N-ethyl adjacent to an activating group) is 1. The molecule has 0 heterocycles. The Morgan fingerprint density at radius 3 is 1.29 bits per heavy atom. The number of rotatable bonds is 48. The molecule has 0 radical (unpaired) electrons. The van der Waals surface area contributed by atoms with Crippen LogP contribution in [-0.2, 0) is 33.3 Å². The van der Waals surface area contributed by atoms with Gasteiger partial charge in [0.25, 0.3) is 6.29 Å². The number of esters is 2. The first-order valence-electron chi connectivity index (χ1n) is 26.6. The van der Waals surface area contributed by atoms with Crippen LogP contribution in [-0.4, -0.2) is 87.4 Å². The third-order valence-electron chi connectivity index (χ3n) is 11.2. The molecule has 2 unspecified atom stereocenters. The zero-order valence-electron chi connectivity index (χ0n) is 43.1. The number of nitrogens with zero attached hydrogens (tertiary/aromatic N) is 1. The van der Waals surface area contributed by atoms with E-state index in [1.54, 1.807) is 0 Å². The van der Waals surface area contributed by atoms with Crippen LogP contribution in [0, 0.1) is 0 Å². The molecule has 0 aliphatic heterocycles. The highest BCUT2D eigenvalue weighted by Gasteiger charge is 2.25. The molecule has 0 spiro atoms. The van der Waals surface area contributed by atoms with Crippen LogP contribution in [0.1, 0.15) is 213 Å². The monoisotopic (exact) mass is 927 g/mol. The maximum absolute atomic E-state index is 12.8. The van der Waals surface area contributed by atoms with Crippen molar-refractivity contribution in [3.63, 3.8) is 0 Å². The minimum Gasteiger partial charge on any atom is -0.477 e. The van der Waals surface area contributed by atoms with Crippen molar-refractivity contribution < 1.29 is 42.9 Å². The molecule has 0 aromatic heterocycles. The second-order valence-electron chi connectivity index (χ2n) is 18.8. The normalized spacial score (nSPS) is 13.4. The van der Waals surface area contributed by atoms with Crippen LogP contribution in [0.4, 0.5) is 0 Å². The smallest absolute Gasteiger partial charge is 0.361 e. The van der Waals surface area contributed by atoms with E-state index in [0.717, 1.165) is 77.0 Å². The summed E-state index contributed by atoms with van der Waals surface area (Å²) in [5.41, 5.74) is 0. The number of carbonyl (C=O) groups excluding carboxylic acids is 2. The zero-order chi connectivity index (χ0) is 48.4. The van der Waals surface area contributed by atoms with Crippen molar-refractivity contribution in [2.24, 2.45) is 0 Å². The number of hydrogen-bond donors (Lipinski definition) is 1. The molecular weight excluding hydrogens is 827 g/mol. The summed E-state index contributed by atoms with van der Waals surface area (Å²) >= 11 is 0. The molecule has 0 aliphatic carbocycles. The highest BCUT2D eigenvalue weighted by molar-refractivity contribution is 5.71. The van der Waals surface area contributed by atoms with Gasteiger partial charge in [-0.05, 0) is 64.2 Å². The summed E-state index contributed by atoms with van der Waals surface area (Å²) in [5, 5.41) is 9.64. The quantitative estimate of drug-likeness (QED) is 0.0211. The first-order valence-corrected chi connectivity index (χ1v) is 26.6. The van der Waals surface area contributed by atoms with Crippen LogP contribution in [0.2, 0.25) is 0 Å². The van der Waals surface area contributed by atoms with E-state index in [-0.39, 0.29) is 32.2 Å². The van der Waals surface area contributed by atoms with Gasteiger partial charge in [-0.1, -0.05) is 209 Å². The maximum Gasteiger partial charge on any atom is 0.361 e. The fraction of sp³-hybridized carbons (Fsp3) is 0.737. The predicted molar refractivity (Wildman–Crippen MR) is 276 cm³/mol. The van der Waals surface area contributed by atoms with Gasteiger partial charge in [0.15, 0.2) is 6.10 Å². The molecule has 0 aromatic carbocycles. The summed E-state index contributed by atoms with van der Waals surface area (Å²) < 4.78 is 22.7. The summed E-state index contributed by atoms with van der Waals surface area (Å²) in [6.07, 6.45) is 58.6. The summed E-state index contributed by atoms with van der Waals surface area (Å²) in [5.74, 6) is -2.01. The Morgan fingerprint density at radius 2 is 0.864 bits per heavy atom. The van der Waals surface area contributed by atoms with Gasteiger partial charge in [-0.3, -0.25) is 9.59 Å². The van der Waals surface area contributed by atoms with E-state index < -0.39 is 24.3 Å². The molecule has 0 bridgehead atoms. The molecule has 0 aromatic rings. The van der Waals surface area contributed by atoms with Gasteiger partial charge in [-0.25, -0.2) is 4.79 Å². The molecule has 1 N–H and O–H groups in total. The number of unbranched alkanes of at least 4 members (excludes halogenated alkanes) is 21. The molecule has 380 valence electrons. The van der Waals surface area contributed by atoms with Crippen LogP contribution < -0.4 is 0 Å². The Kier molecular flexibility index (Phi) is 45.8. The number of aliphatic carboxylic acids is 1. The van der Waals surface area contributed by atoms with Crippen molar-refractivity contribution in [2.45, 2.75) is 225 Å². The third-order valence-corrected chi connectivity index (χ3v) is 11.2. The van der Waals surface area contributed by atoms with Crippen molar-refractivity contribution in [3.05, 3.63) is 72.9 Å². The first kappa shape index (κ1) is 62.7. The molecule has 0 amide bonds. The largest absolute Gasteiger partial charge is 0.477 e. The number of carboxylic acid groups (broad SMARTS) is 1. The van der Waals surface area contributed by atoms with Gasteiger partial charge in [0, 0.05) is 12.8 Å². The molecule has 9 nitrogen and oxygen atoms in total. The van der Waals surface area contributed by atoms with Gasteiger partial charge in [0.2, 0.25) is 0 Å². The Balaban J connectivity index is 4.06. The minimum atomic E-state index is -1.51. The maximum atomic E-state index is 12.8. The van der Waals surface area contributed by atoms with Crippen molar-refractivity contribution in [1.82, 2.24) is 0 Å². The molecule has 2 atom stereocenters. The van der Waals surface area contributed by atoms with Gasteiger partial charge in [0.05, 0.1) is 34.4 Å². The molecule has 0 aliphatic rings. The van der Waals surface area contributed by atoms with Gasteiger partial charge in [-0.15, -0.1) is 0 Å². The zero-order valence-corrected chi connectivity index (χ0v) is 43.1. The fourth-order valence-electron chi connectivity index (χ4n) is 7.13. The number of ether oxygens (including phenoxy) is 4. The molecule has 0 saturated heterocycles. The first-order chi connectivity index (χ1) is 32.1. The van der Waals surface area contributed by atoms with Gasteiger partial charge >= 0.3 is 17.9 Å². The lowest BCUT2D eigenvalue weighted by atomic mass is 10.0. The number of carbonyl (C=O) groups is 3. The summed E-state index contributed by atoms with van der Waals surface area (Å²) in [6.45, 7) is 4.72. The lowest BCUT2D eigenvalue weighted by molar-refractivity contribution is -0.870. The van der Waals surface area contributed by atoms with E-state index in [9.17, 15) is 19.5 Å². The van der Waals surface area contributed by atoms with E-state index in [1.165, 1.54) is 109 Å². The number of carboxylic acids is 1. The minimum absolute atomic E-state index is 0.182. The van der Waals surface area contributed by atoms with Gasteiger partial charge < -0.3 is 28.5 Å². The molecule has 0 fully saturated rings. The average Bonchev–Trinajstić information content (AvgIpc) is 3.28. The Morgan fingerprint density at radius 1 is 0.470 bits per heavy atom. The second kappa shape index (κ2) is 48.2. The fourth-order valence-corrected chi connectivity index (χ4v) is 7.13. The highest BCUT2D eigenvalue weighted by Crippen LogP contribution is 2.15. The van der Waals surface area contributed by atoms with Gasteiger partial charge in [0.1, 0.15) is 13.2 Å². The molecule has 66 heavy (non-hydrogen) atoms. The van der Waals surface area contributed by atoms with E-state index in [1.807, 2.05) is 21.1 Å². The van der Waals surface area contributed by atoms with Crippen molar-refractivity contribution in [2.75, 3.05) is 47.5 Å². The van der Waals surface area contributed by atoms with Crippen molar-refractivity contribution in [3.8, 4) is 0 Å². The van der Waals surface area contributed by atoms with Crippen LogP contribution in [0.3, 0.4) is 0 Å². The Hall–Kier alpha value is -3.27. The number of allylic oxidation sites excluding steroid dienone is 12. The third kappa shape index (κ3) is 48.7. The topological polar surface area (TPSA) is 108 Å². The lowest BCUT2D eigenvalue weighted by Crippen LogP contribution is -2.40. The number of quaternary nitrogens is 1. The highest BCUT2D eigenvalue weighted by atomic mass is 16.7. The predicted octanol–water partition coefficient (Wildman–Crippen LogP) is 15.1. The van der Waals surface area contributed by atoms with Crippen LogP contribution in [0.5, 0.6) is 0 Å². The summed E-state index contributed by atoms with van der Waals surface area (Å²) in [7, 11) is 5.95. The molecule has 0 rings (SSSR count). The average molecular weight is 927 g/mol. The molecule has 0 saturated carbocycles. The van der Waals surface area contributed by atoms with Crippen LogP contribution >= 0.6 is 0 Å². The summed E-state index contributed by atoms with van der Waals surface area (Å²) in [6, 6.07) is 0. The van der Waals surface area contributed by atoms with Crippen LogP contribution in [0.25, 0.3) is 0 Å². The van der Waals surface area contributed by atoms with Crippen LogP contribution in [0.15, 0.2) is 72.9 Å². The van der Waals surface area contributed by atoms with E-state index in [0.29, 0.717) is 17.4 Å². The lowest BCUT2D eigenvalue weighted by Gasteiger charge is -2.25.